The molecule has 0 aliphatic heterocycles. The lowest BCUT2D eigenvalue weighted by atomic mass is 10.3. The molecule has 0 amide bonds. The molecule has 0 bridgehead atoms. The molecule has 0 aliphatic rings. The molecule has 5 nitrogen and oxygen atoms in total. The maximum Gasteiger partial charge on any atom is 0.195 e. The summed E-state index contributed by atoms with van der Waals surface area (Å²) in [5.41, 5.74) is 0.800. The van der Waals surface area contributed by atoms with Crippen LogP contribution >= 0.6 is 12.2 Å². The summed E-state index contributed by atoms with van der Waals surface area (Å²) < 4.78 is 8.02. The summed E-state index contributed by atoms with van der Waals surface area (Å²) in [5, 5.41) is 7.01. The fourth-order valence-corrected chi connectivity index (χ4v) is 1.82. The number of hydrogen-bond acceptors (Lipinski definition) is 4. The van der Waals surface area contributed by atoms with Crippen molar-refractivity contribution >= 4 is 12.2 Å². The maximum absolute atomic E-state index is 5.53. The van der Waals surface area contributed by atoms with E-state index in [9.17, 15) is 0 Å². The third kappa shape index (κ3) is 3.02. The Bertz CT molecular complexity index is 547. The van der Waals surface area contributed by atoms with Gasteiger partial charge in [0.1, 0.15) is 5.69 Å². The maximum atomic E-state index is 5.53. The molecule has 2 aromatic heterocycles. The first-order valence-corrected chi connectivity index (χ1v) is 6.27. The Morgan fingerprint density at radius 2 is 2.28 bits per heavy atom. The van der Waals surface area contributed by atoms with Gasteiger partial charge in [0.2, 0.25) is 0 Å². The molecule has 1 N–H and O–H groups in total. The topological polar surface area (TPSA) is 55.7 Å². The standard InChI is InChI=1S/C12H16N4OS/c1-9(2)17-8-7-16-11(14-15-12(16)18)10-5-3-4-6-13-10/h3-6,9H,7-8H2,1-2H3,(H,15,18). The number of hydrogen-bond donors (Lipinski definition) is 1. The van der Waals surface area contributed by atoms with Crippen LogP contribution in [0, 0.1) is 4.77 Å². The summed E-state index contributed by atoms with van der Waals surface area (Å²) in [5.74, 6) is 0.743. The Labute approximate surface area is 111 Å². The van der Waals surface area contributed by atoms with Crippen molar-refractivity contribution in [2.45, 2.75) is 26.5 Å². The van der Waals surface area contributed by atoms with E-state index < -0.39 is 0 Å². The molecule has 18 heavy (non-hydrogen) atoms. The zero-order valence-corrected chi connectivity index (χ0v) is 11.3. The quantitative estimate of drug-likeness (QED) is 0.843. The molecule has 6 heteroatoms. The van der Waals surface area contributed by atoms with Crippen molar-refractivity contribution in [3.05, 3.63) is 29.2 Å². The van der Waals surface area contributed by atoms with E-state index in [2.05, 4.69) is 15.2 Å². The van der Waals surface area contributed by atoms with Crippen molar-refractivity contribution < 1.29 is 4.74 Å². The van der Waals surface area contributed by atoms with Crippen molar-refractivity contribution in [1.29, 1.82) is 0 Å². The first-order chi connectivity index (χ1) is 8.68. The van der Waals surface area contributed by atoms with Gasteiger partial charge in [0.25, 0.3) is 0 Å². The molecular weight excluding hydrogens is 248 g/mol. The molecule has 2 heterocycles. The molecule has 0 radical (unpaired) electrons. The molecule has 0 unspecified atom stereocenters. The van der Waals surface area contributed by atoms with E-state index in [-0.39, 0.29) is 6.10 Å². The highest BCUT2D eigenvalue weighted by molar-refractivity contribution is 7.71. The van der Waals surface area contributed by atoms with Gasteiger partial charge in [-0.15, -0.1) is 0 Å². The number of pyridine rings is 1. The van der Waals surface area contributed by atoms with Crippen LogP contribution in [0.5, 0.6) is 0 Å². The van der Waals surface area contributed by atoms with Crippen LogP contribution in [-0.2, 0) is 11.3 Å². The summed E-state index contributed by atoms with van der Waals surface area (Å²) in [6.07, 6.45) is 1.95. The highest BCUT2D eigenvalue weighted by Crippen LogP contribution is 2.13. The van der Waals surface area contributed by atoms with E-state index in [0.29, 0.717) is 17.9 Å². The van der Waals surface area contributed by atoms with Crippen molar-refractivity contribution in [2.24, 2.45) is 0 Å². The molecule has 0 saturated carbocycles. The Kier molecular flexibility index (Phi) is 4.22. The lowest BCUT2D eigenvalue weighted by Crippen LogP contribution is -2.11. The van der Waals surface area contributed by atoms with E-state index in [1.54, 1.807) is 6.20 Å². The summed E-state index contributed by atoms with van der Waals surface area (Å²) in [6, 6.07) is 5.71. The minimum absolute atomic E-state index is 0.212. The fourth-order valence-electron chi connectivity index (χ4n) is 1.60. The first-order valence-electron chi connectivity index (χ1n) is 5.86. The van der Waals surface area contributed by atoms with Crippen LogP contribution in [-0.4, -0.2) is 32.5 Å². The Hall–Kier alpha value is -1.53. The fraction of sp³-hybridized carbons (Fsp3) is 0.417. The van der Waals surface area contributed by atoms with Gasteiger partial charge in [-0.05, 0) is 38.2 Å². The predicted octanol–water partition coefficient (Wildman–Crippen LogP) is 2.43. The Balaban J connectivity index is 2.20. The summed E-state index contributed by atoms with van der Waals surface area (Å²) in [7, 11) is 0. The second kappa shape index (κ2) is 5.88. The number of nitrogens with one attached hydrogen (secondary N) is 1. The monoisotopic (exact) mass is 264 g/mol. The van der Waals surface area contributed by atoms with Gasteiger partial charge in [-0.2, -0.15) is 5.10 Å². The minimum atomic E-state index is 0.212. The van der Waals surface area contributed by atoms with Gasteiger partial charge >= 0.3 is 0 Å². The van der Waals surface area contributed by atoms with Gasteiger partial charge in [-0.25, -0.2) is 0 Å². The number of rotatable bonds is 5. The Morgan fingerprint density at radius 1 is 1.44 bits per heavy atom. The number of aromatic nitrogens is 4. The van der Waals surface area contributed by atoms with Crippen molar-refractivity contribution in [1.82, 2.24) is 19.7 Å². The molecule has 2 aromatic rings. The number of nitrogens with zero attached hydrogens (tertiary/aromatic N) is 3. The van der Waals surface area contributed by atoms with Gasteiger partial charge in [-0.3, -0.25) is 14.6 Å². The normalized spacial score (nSPS) is 11.1. The van der Waals surface area contributed by atoms with Crippen LogP contribution in [0.2, 0.25) is 0 Å². The van der Waals surface area contributed by atoms with Crippen LogP contribution in [0.25, 0.3) is 11.5 Å². The molecule has 2 rings (SSSR count). The summed E-state index contributed by atoms with van der Waals surface area (Å²) >= 11 is 5.21. The predicted molar refractivity (Wildman–Crippen MR) is 71.7 cm³/mol. The average molecular weight is 264 g/mol. The van der Waals surface area contributed by atoms with Gasteiger partial charge in [0.05, 0.1) is 19.3 Å². The molecule has 0 saturated heterocycles. The lowest BCUT2D eigenvalue weighted by molar-refractivity contribution is 0.0727. The molecule has 0 aliphatic carbocycles. The molecule has 0 aromatic carbocycles. The molecule has 0 fully saturated rings. The Morgan fingerprint density at radius 3 is 2.94 bits per heavy atom. The third-order valence-electron chi connectivity index (χ3n) is 2.42. The minimum Gasteiger partial charge on any atom is -0.377 e. The number of H-pyrrole nitrogens is 1. The summed E-state index contributed by atoms with van der Waals surface area (Å²) in [6.45, 7) is 5.29. The highest BCUT2D eigenvalue weighted by Gasteiger charge is 2.09. The molecule has 0 atom stereocenters. The number of aromatic amines is 1. The van der Waals surface area contributed by atoms with Gasteiger partial charge in [0, 0.05) is 6.20 Å². The molecular formula is C12H16N4OS. The zero-order chi connectivity index (χ0) is 13.0. The van der Waals surface area contributed by atoms with Gasteiger partial charge in [-0.1, -0.05) is 6.07 Å². The SMILES string of the molecule is CC(C)OCCn1c(-c2ccccn2)n[nH]c1=S. The van der Waals surface area contributed by atoms with Crippen LogP contribution < -0.4 is 0 Å². The van der Waals surface area contributed by atoms with Crippen LogP contribution in [0.4, 0.5) is 0 Å². The second-order valence-electron chi connectivity index (χ2n) is 4.14. The highest BCUT2D eigenvalue weighted by atomic mass is 32.1. The van der Waals surface area contributed by atoms with E-state index >= 15 is 0 Å². The van der Waals surface area contributed by atoms with Crippen molar-refractivity contribution in [3.63, 3.8) is 0 Å². The van der Waals surface area contributed by atoms with Gasteiger partial charge in [0.15, 0.2) is 10.6 Å². The first kappa shape index (κ1) is 12.9. The van der Waals surface area contributed by atoms with Crippen LogP contribution in [0.15, 0.2) is 24.4 Å². The second-order valence-corrected chi connectivity index (χ2v) is 4.53. The summed E-state index contributed by atoms with van der Waals surface area (Å²) in [4.78, 5) is 4.28. The third-order valence-corrected chi connectivity index (χ3v) is 2.73. The van der Waals surface area contributed by atoms with E-state index in [0.717, 1.165) is 11.5 Å². The van der Waals surface area contributed by atoms with Crippen molar-refractivity contribution in [3.8, 4) is 11.5 Å². The zero-order valence-electron chi connectivity index (χ0n) is 10.5. The van der Waals surface area contributed by atoms with Gasteiger partial charge < -0.3 is 4.74 Å². The molecule has 0 spiro atoms. The van der Waals surface area contributed by atoms with Crippen molar-refractivity contribution in [2.75, 3.05) is 6.61 Å². The largest absolute Gasteiger partial charge is 0.377 e. The average Bonchev–Trinajstić information content (AvgIpc) is 2.72. The van der Waals surface area contributed by atoms with E-state index in [1.165, 1.54) is 0 Å². The molecule has 96 valence electrons. The smallest absolute Gasteiger partial charge is 0.195 e. The van der Waals surface area contributed by atoms with Crippen LogP contribution in [0.3, 0.4) is 0 Å². The van der Waals surface area contributed by atoms with E-state index in [1.807, 2.05) is 36.6 Å². The van der Waals surface area contributed by atoms with Crippen LogP contribution in [0.1, 0.15) is 13.8 Å². The van der Waals surface area contributed by atoms with E-state index in [4.69, 9.17) is 17.0 Å². The lowest BCUT2D eigenvalue weighted by Gasteiger charge is -2.09. The number of ether oxygens (including phenoxy) is 1.